The van der Waals surface area contributed by atoms with Crippen LogP contribution in [0.2, 0.25) is 0 Å². The van der Waals surface area contributed by atoms with Gasteiger partial charge in [0.05, 0.1) is 23.9 Å². The summed E-state index contributed by atoms with van der Waals surface area (Å²) >= 11 is 0. The standard InChI is InChI=1S/2C16H24N4O4.H2O4S/c2*17-13(2-1-7-20-16(18)19)14(22)9-11(15(23)24)8-10-3-5-12(21)6-4-10;1-5(2,3)4/h2*3-6,11,13,21H,1-2,7-9,17H2,(H,23,24)(H4,18,19,20);(H2,1,2,3,4)/t2*11-,13+;/m11./s1. The zero-order chi connectivity index (χ0) is 40.7. The molecule has 0 saturated carbocycles. The summed E-state index contributed by atoms with van der Waals surface area (Å²) in [4.78, 5) is 54.6. The van der Waals surface area contributed by atoms with Gasteiger partial charge in [0.25, 0.3) is 0 Å². The van der Waals surface area contributed by atoms with Crippen LogP contribution >= 0.6 is 0 Å². The molecule has 2 aromatic rings. The highest BCUT2D eigenvalue weighted by Crippen LogP contribution is 2.19. The molecule has 0 aliphatic rings. The van der Waals surface area contributed by atoms with E-state index in [9.17, 15) is 39.6 Å². The number of aromatic hydroxyl groups is 2. The van der Waals surface area contributed by atoms with Crippen LogP contribution in [0.5, 0.6) is 11.5 Å². The number of rotatable bonds is 20. The number of phenolic OH excluding ortho intramolecular Hbond substituents is 2. The molecule has 0 aliphatic carbocycles. The SMILES string of the molecule is NC(N)=NCCC[C@H](N)C(=O)C[C@@H](Cc1ccc(O)cc1)C(=O)O.NC(N)=NCCC[C@H](N)C(=O)C[C@@H](Cc1ccc(O)cc1)C(=O)O.O=S(=O)(O)O. The van der Waals surface area contributed by atoms with E-state index in [1.54, 1.807) is 24.3 Å². The lowest BCUT2D eigenvalue weighted by Crippen LogP contribution is -2.34. The first-order valence-corrected chi connectivity index (χ1v) is 17.4. The maximum atomic E-state index is 12.1. The van der Waals surface area contributed by atoms with Crippen molar-refractivity contribution in [3.8, 4) is 11.5 Å². The number of carboxylic acids is 2. The third-order valence-electron chi connectivity index (χ3n) is 7.19. The molecule has 2 rings (SSSR count). The molecule has 0 heterocycles. The van der Waals surface area contributed by atoms with Crippen molar-refractivity contribution in [3.63, 3.8) is 0 Å². The van der Waals surface area contributed by atoms with Gasteiger partial charge in [-0.15, -0.1) is 0 Å². The Kier molecular flexibility index (Phi) is 22.3. The molecule has 0 fully saturated rings. The molecule has 20 nitrogen and oxygen atoms in total. The normalized spacial score (nSPS) is 12.9. The van der Waals surface area contributed by atoms with Crippen molar-refractivity contribution in [1.29, 1.82) is 0 Å². The van der Waals surface area contributed by atoms with Crippen molar-refractivity contribution < 1.29 is 57.1 Å². The van der Waals surface area contributed by atoms with Crippen LogP contribution < -0.4 is 34.4 Å². The lowest BCUT2D eigenvalue weighted by molar-refractivity contribution is -0.144. The third kappa shape index (κ3) is 25.3. The van der Waals surface area contributed by atoms with Gasteiger partial charge in [-0.3, -0.25) is 38.3 Å². The lowest BCUT2D eigenvalue weighted by atomic mass is 9.91. The second-order valence-electron chi connectivity index (χ2n) is 11.7. The molecule has 0 unspecified atom stereocenters. The fourth-order valence-corrected chi connectivity index (χ4v) is 4.48. The predicted octanol–water partition coefficient (Wildman–Crippen LogP) is -0.702. The second kappa shape index (κ2) is 24.8. The van der Waals surface area contributed by atoms with Gasteiger partial charge >= 0.3 is 22.3 Å². The van der Waals surface area contributed by atoms with E-state index in [1.165, 1.54) is 24.3 Å². The van der Waals surface area contributed by atoms with E-state index in [2.05, 4.69) is 9.98 Å². The van der Waals surface area contributed by atoms with E-state index in [1.807, 2.05) is 0 Å². The maximum Gasteiger partial charge on any atom is 0.394 e. The van der Waals surface area contributed by atoms with Crippen molar-refractivity contribution in [1.82, 2.24) is 0 Å². The van der Waals surface area contributed by atoms with E-state index in [-0.39, 0.29) is 60.7 Å². The van der Waals surface area contributed by atoms with Gasteiger partial charge in [-0.1, -0.05) is 24.3 Å². The van der Waals surface area contributed by atoms with Crippen molar-refractivity contribution in [2.24, 2.45) is 56.2 Å². The van der Waals surface area contributed by atoms with Crippen LogP contribution in [0.15, 0.2) is 58.5 Å². The number of guanidine groups is 2. The Hall–Kier alpha value is -5.35. The van der Waals surface area contributed by atoms with Crippen molar-refractivity contribution in [2.45, 2.75) is 63.5 Å². The number of aliphatic carboxylic acids is 2. The first-order valence-electron chi connectivity index (χ1n) is 16.0. The van der Waals surface area contributed by atoms with Gasteiger partial charge in [-0.05, 0) is 73.9 Å². The molecule has 2 aromatic carbocycles. The summed E-state index contributed by atoms with van der Waals surface area (Å²) in [6.45, 7) is 0.748. The van der Waals surface area contributed by atoms with E-state index >= 15 is 0 Å². The summed E-state index contributed by atoms with van der Waals surface area (Å²) in [5, 5.41) is 37.1. The number of carbonyl (C=O) groups is 4. The van der Waals surface area contributed by atoms with Crippen LogP contribution in [0.25, 0.3) is 0 Å². The molecule has 296 valence electrons. The number of benzene rings is 2. The summed E-state index contributed by atoms with van der Waals surface area (Å²) in [7, 11) is -4.67. The summed E-state index contributed by atoms with van der Waals surface area (Å²) in [6.07, 6.45) is 1.98. The molecule has 0 bridgehead atoms. The van der Waals surface area contributed by atoms with Gasteiger partial charge in [0, 0.05) is 25.9 Å². The monoisotopic (exact) mass is 770 g/mol. The maximum absolute atomic E-state index is 12.1. The molecular formula is C32H50N8O12S. The fraction of sp³-hybridized carbons (Fsp3) is 0.438. The minimum atomic E-state index is -4.67. The third-order valence-corrected chi connectivity index (χ3v) is 7.19. The fourth-order valence-electron chi connectivity index (χ4n) is 4.48. The quantitative estimate of drug-likeness (QED) is 0.0342. The topological polar surface area (TPSA) is 405 Å². The highest BCUT2D eigenvalue weighted by atomic mass is 32.3. The summed E-state index contributed by atoms with van der Waals surface area (Å²) in [5.74, 6) is -4.25. The number of aliphatic imine (C=N–C) groups is 2. The Morgan fingerprint density at radius 2 is 0.887 bits per heavy atom. The molecular weight excluding hydrogens is 720 g/mol. The number of phenols is 2. The van der Waals surface area contributed by atoms with E-state index < -0.39 is 46.3 Å². The Morgan fingerprint density at radius 3 is 1.13 bits per heavy atom. The molecule has 0 amide bonds. The van der Waals surface area contributed by atoms with Crippen LogP contribution in [0.4, 0.5) is 0 Å². The lowest BCUT2D eigenvalue weighted by Gasteiger charge is -2.15. The number of hydrogen-bond acceptors (Lipinski definition) is 12. The van der Waals surface area contributed by atoms with Crippen molar-refractivity contribution >= 4 is 45.8 Å². The average molecular weight is 771 g/mol. The summed E-state index contributed by atoms with van der Waals surface area (Å²) in [6, 6.07) is 11.0. The number of nitrogens with zero attached hydrogens (tertiary/aromatic N) is 2. The molecule has 0 aromatic heterocycles. The highest BCUT2D eigenvalue weighted by molar-refractivity contribution is 7.79. The van der Waals surface area contributed by atoms with Gasteiger partial charge in [-0.2, -0.15) is 8.42 Å². The zero-order valence-electron chi connectivity index (χ0n) is 28.9. The predicted molar refractivity (Wildman–Crippen MR) is 195 cm³/mol. The summed E-state index contributed by atoms with van der Waals surface area (Å²) < 4.78 is 31.6. The van der Waals surface area contributed by atoms with Gasteiger partial charge < -0.3 is 54.8 Å². The van der Waals surface area contributed by atoms with E-state index in [0.29, 0.717) is 38.8 Å². The number of hydrogen-bond donors (Lipinski definition) is 12. The number of ketones is 2. The van der Waals surface area contributed by atoms with Gasteiger partial charge in [0.1, 0.15) is 23.1 Å². The number of carbonyl (C=O) groups excluding carboxylic acids is 2. The molecule has 0 radical (unpaired) electrons. The van der Waals surface area contributed by atoms with Crippen LogP contribution in [0.1, 0.15) is 49.7 Å². The molecule has 0 aliphatic heterocycles. The minimum Gasteiger partial charge on any atom is -0.508 e. The number of Topliss-reactive ketones (excluding diaryl/α,β-unsaturated/α-hetero) is 2. The van der Waals surface area contributed by atoms with Crippen LogP contribution in [0, 0.1) is 11.8 Å². The van der Waals surface area contributed by atoms with E-state index in [4.69, 9.17) is 51.9 Å². The number of carboxylic acid groups (broad SMARTS) is 2. The first kappa shape index (κ1) is 47.7. The van der Waals surface area contributed by atoms with Crippen LogP contribution in [0.3, 0.4) is 0 Å². The van der Waals surface area contributed by atoms with Gasteiger partial charge in [-0.25, -0.2) is 0 Å². The highest BCUT2D eigenvalue weighted by Gasteiger charge is 2.26. The van der Waals surface area contributed by atoms with Gasteiger partial charge in [0.2, 0.25) is 0 Å². The molecule has 18 N–H and O–H groups in total. The molecule has 0 saturated heterocycles. The Balaban J connectivity index is 0.000000904. The second-order valence-corrected chi connectivity index (χ2v) is 12.6. The Morgan fingerprint density at radius 1 is 0.604 bits per heavy atom. The van der Waals surface area contributed by atoms with E-state index in [0.717, 1.165) is 11.1 Å². The average Bonchev–Trinajstić information content (AvgIpc) is 3.05. The zero-order valence-corrected chi connectivity index (χ0v) is 29.7. The Labute approximate surface area is 306 Å². The first-order chi connectivity index (χ1) is 24.6. The van der Waals surface area contributed by atoms with Crippen LogP contribution in [-0.4, -0.2) is 98.5 Å². The molecule has 4 atom stereocenters. The molecule has 0 spiro atoms. The minimum absolute atomic E-state index is 0.0188. The van der Waals surface area contributed by atoms with Crippen molar-refractivity contribution in [3.05, 3.63) is 59.7 Å². The summed E-state index contributed by atoms with van der Waals surface area (Å²) in [5.41, 5.74) is 33.9. The Bertz CT molecular complexity index is 1500. The van der Waals surface area contributed by atoms with Crippen LogP contribution in [-0.2, 0) is 42.4 Å². The van der Waals surface area contributed by atoms with Crippen molar-refractivity contribution in [2.75, 3.05) is 13.1 Å². The molecule has 53 heavy (non-hydrogen) atoms. The smallest absolute Gasteiger partial charge is 0.394 e. The number of nitrogens with two attached hydrogens (primary N) is 6. The largest absolute Gasteiger partial charge is 0.508 e. The molecule has 21 heteroatoms. The van der Waals surface area contributed by atoms with Gasteiger partial charge in [0.15, 0.2) is 11.9 Å².